The number of hydrogen-bond acceptors (Lipinski definition) is 3. The molecule has 1 aliphatic heterocycles. The van der Waals surface area contributed by atoms with Gasteiger partial charge in [-0.2, -0.15) is 0 Å². The lowest BCUT2D eigenvalue weighted by Gasteiger charge is -2.24. The Hall–Kier alpha value is -0.190. The van der Waals surface area contributed by atoms with Crippen molar-refractivity contribution in [1.82, 2.24) is 4.98 Å². The summed E-state index contributed by atoms with van der Waals surface area (Å²) in [5.41, 5.74) is 0.719. The third-order valence-electron chi connectivity index (χ3n) is 2.31. The minimum absolute atomic E-state index is 0.197. The molecule has 0 atom stereocenters. The molecule has 0 amide bonds. The Morgan fingerprint density at radius 1 is 1.23 bits per heavy atom. The first kappa shape index (κ1) is 9.37. The van der Waals surface area contributed by atoms with E-state index in [1.165, 1.54) is 4.88 Å². The quantitative estimate of drug-likeness (QED) is 0.672. The van der Waals surface area contributed by atoms with E-state index in [2.05, 4.69) is 32.7 Å². The largest absolute Gasteiger partial charge is 0.358 e. The van der Waals surface area contributed by atoms with Crippen molar-refractivity contribution in [1.29, 1.82) is 0 Å². The highest BCUT2D eigenvalue weighted by Crippen LogP contribution is 2.47. The molecule has 2 nitrogen and oxygen atoms in total. The van der Waals surface area contributed by atoms with Crippen LogP contribution < -0.4 is 0 Å². The van der Waals surface area contributed by atoms with Gasteiger partial charge in [0.1, 0.15) is 5.60 Å². The minimum atomic E-state index is -0.230. The van der Waals surface area contributed by atoms with Crippen LogP contribution in [0, 0.1) is 3.95 Å². The number of hydrogen-bond donors (Lipinski definition) is 1. The fourth-order valence-corrected chi connectivity index (χ4v) is 3.29. The minimum Gasteiger partial charge on any atom is -0.358 e. The van der Waals surface area contributed by atoms with Gasteiger partial charge in [-0.05, 0) is 39.9 Å². The molecule has 13 heavy (non-hydrogen) atoms. The molecule has 0 radical (unpaired) electrons. The predicted octanol–water partition coefficient (Wildman–Crippen LogP) is 3.31. The number of H-pyrrole nitrogens is 1. The van der Waals surface area contributed by atoms with Crippen molar-refractivity contribution >= 4 is 23.6 Å². The summed E-state index contributed by atoms with van der Waals surface area (Å²) in [5, 5.41) is 0. The van der Waals surface area contributed by atoms with Gasteiger partial charge in [-0.3, -0.25) is 0 Å². The Bertz CT molecular complexity index is 365. The van der Waals surface area contributed by atoms with E-state index >= 15 is 0 Å². The highest BCUT2D eigenvalue weighted by Gasteiger charge is 2.45. The molecule has 1 N–H and O–H groups in total. The van der Waals surface area contributed by atoms with E-state index in [9.17, 15) is 0 Å². The van der Waals surface area contributed by atoms with Gasteiger partial charge in [-0.15, -0.1) is 11.3 Å². The Morgan fingerprint density at radius 2 is 1.85 bits per heavy atom. The van der Waals surface area contributed by atoms with Gasteiger partial charge in [-0.1, -0.05) is 0 Å². The van der Waals surface area contributed by atoms with E-state index in [-0.39, 0.29) is 11.2 Å². The first-order chi connectivity index (χ1) is 5.83. The Kier molecular flexibility index (Phi) is 1.75. The van der Waals surface area contributed by atoms with Crippen LogP contribution in [0.3, 0.4) is 0 Å². The molecule has 1 aliphatic rings. The van der Waals surface area contributed by atoms with Gasteiger partial charge in [0.2, 0.25) is 0 Å². The van der Waals surface area contributed by atoms with Crippen LogP contribution in [0.25, 0.3) is 0 Å². The molecule has 4 heteroatoms. The summed E-state index contributed by atoms with van der Waals surface area (Å²) in [5.74, 6) is 0. The lowest BCUT2D eigenvalue weighted by molar-refractivity contribution is -0.105. The number of fused-ring (bicyclic) bond motifs is 1. The van der Waals surface area contributed by atoms with Crippen LogP contribution in [-0.4, -0.2) is 4.98 Å². The molecular weight excluding hydrogens is 202 g/mol. The van der Waals surface area contributed by atoms with Gasteiger partial charge in [0.05, 0.1) is 16.2 Å². The molecule has 0 aromatic carbocycles. The number of nitrogens with one attached hydrogen (secondary N) is 1. The average Bonchev–Trinajstić information content (AvgIpc) is 2.34. The van der Waals surface area contributed by atoms with Crippen LogP contribution in [0.5, 0.6) is 0 Å². The van der Waals surface area contributed by atoms with E-state index < -0.39 is 0 Å². The van der Waals surface area contributed by atoms with E-state index in [0.29, 0.717) is 0 Å². The second-order valence-corrected chi connectivity index (χ2v) is 6.03. The van der Waals surface area contributed by atoms with E-state index in [4.69, 9.17) is 17.0 Å². The van der Waals surface area contributed by atoms with Crippen LogP contribution in [0.2, 0.25) is 0 Å². The van der Waals surface area contributed by atoms with Crippen LogP contribution in [-0.2, 0) is 15.9 Å². The normalized spacial score (nSPS) is 23.1. The van der Waals surface area contributed by atoms with Crippen LogP contribution in [0.4, 0.5) is 0 Å². The van der Waals surface area contributed by atoms with E-state index in [1.807, 2.05) is 0 Å². The number of aromatic nitrogens is 1. The second-order valence-electron chi connectivity index (χ2n) is 4.34. The van der Waals surface area contributed by atoms with Gasteiger partial charge in [-0.25, -0.2) is 0 Å². The van der Waals surface area contributed by atoms with E-state index in [1.54, 1.807) is 11.3 Å². The lowest BCUT2D eigenvalue weighted by Crippen LogP contribution is -2.23. The lowest BCUT2D eigenvalue weighted by atomic mass is 10.0. The average molecular weight is 215 g/mol. The Balaban J connectivity index is 2.69. The van der Waals surface area contributed by atoms with Crippen LogP contribution in [0.1, 0.15) is 38.3 Å². The first-order valence-corrected chi connectivity index (χ1v) is 5.50. The molecule has 0 unspecified atom stereocenters. The topological polar surface area (TPSA) is 25.0 Å². The summed E-state index contributed by atoms with van der Waals surface area (Å²) in [6, 6.07) is 0. The molecule has 1 aromatic heterocycles. The van der Waals surface area contributed by atoms with Gasteiger partial charge >= 0.3 is 0 Å². The van der Waals surface area contributed by atoms with Gasteiger partial charge in [0, 0.05) is 0 Å². The Labute approximate surface area is 86.9 Å². The predicted molar refractivity (Wildman–Crippen MR) is 56.6 cm³/mol. The fourth-order valence-electron chi connectivity index (χ4n) is 1.91. The van der Waals surface area contributed by atoms with Crippen molar-refractivity contribution in [2.24, 2.45) is 0 Å². The summed E-state index contributed by atoms with van der Waals surface area (Å²) >= 11 is 6.75. The fraction of sp³-hybridized carbons (Fsp3) is 0.667. The number of aromatic amines is 1. The molecule has 0 saturated heterocycles. The first-order valence-electron chi connectivity index (χ1n) is 4.27. The SMILES string of the molecule is CC1(C)OC(C)(C)c2sc(=S)[nH]c21. The van der Waals surface area contributed by atoms with Crippen molar-refractivity contribution in [3.63, 3.8) is 0 Å². The highest BCUT2D eigenvalue weighted by molar-refractivity contribution is 7.73. The van der Waals surface area contributed by atoms with Crippen molar-refractivity contribution < 1.29 is 4.74 Å². The summed E-state index contributed by atoms with van der Waals surface area (Å²) < 4.78 is 6.78. The molecule has 0 aliphatic carbocycles. The zero-order chi connectivity index (χ0) is 9.85. The Morgan fingerprint density at radius 3 is 2.38 bits per heavy atom. The number of rotatable bonds is 0. The summed E-state index contributed by atoms with van der Waals surface area (Å²) in [6.45, 7) is 8.30. The molecule has 0 saturated carbocycles. The molecule has 0 fully saturated rings. The third-order valence-corrected chi connectivity index (χ3v) is 3.85. The zero-order valence-electron chi connectivity index (χ0n) is 8.22. The van der Waals surface area contributed by atoms with Gasteiger partial charge in [0.25, 0.3) is 0 Å². The monoisotopic (exact) mass is 215 g/mol. The van der Waals surface area contributed by atoms with Crippen LogP contribution >= 0.6 is 23.6 Å². The maximum Gasteiger partial charge on any atom is 0.159 e. The van der Waals surface area contributed by atoms with Crippen molar-refractivity contribution in [3.8, 4) is 0 Å². The van der Waals surface area contributed by atoms with Crippen LogP contribution in [0.15, 0.2) is 0 Å². The number of thiazole rings is 1. The molecule has 0 spiro atoms. The third kappa shape index (κ3) is 1.28. The molecule has 2 heterocycles. The second kappa shape index (κ2) is 2.43. The summed E-state index contributed by atoms with van der Waals surface area (Å²) in [6.07, 6.45) is 0. The maximum absolute atomic E-state index is 5.93. The van der Waals surface area contributed by atoms with E-state index in [0.717, 1.165) is 9.65 Å². The highest BCUT2D eigenvalue weighted by atomic mass is 32.1. The van der Waals surface area contributed by atoms with Gasteiger partial charge in [0.15, 0.2) is 3.95 Å². The van der Waals surface area contributed by atoms with Crippen molar-refractivity contribution in [2.45, 2.75) is 38.9 Å². The molecule has 2 rings (SSSR count). The summed E-state index contributed by atoms with van der Waals surface area (Å²) in [7, 11) is 0. The standard InChI is InChI=1S/C9H13NOS2/c1-8(2)5-6(9(3,4)11-8)13-7(12)10-5/h1-4H3,(H,10,12). The number of ether oxygens (including phenoxy) is 1. The smallest absolute Gasteiger partial charge is 0.159 e. The van der Waals surface area contributed by atoms with Gasteiger partial charge < -0.3 is 9.72 Å². The molecule has 0 bridgehead atoms. The van der Waals surface area contributed by atoms with Crippen molar-refractivity contribution in [3.05, 3.63) is 14.5 Å². The van der Waals surface area contributed by atoms with Crippen molar-refractivity contribution in [2.75, 3.05) is 0 Å². The summed E-state index contributed by atoms with van der Waals surface area (Å²) in [4.78, 5) is 4.45. The molecule has 72 valence electrons. The molecule has 1 aromatic rings. The zero-order valence-corrected chi connectivity index (χ0v) is 9.86. The molecular formula is C9H13NOS2. The maximum atomic E-state index is 5.93.